The normalized spacial score (nSPS) is 11.4. The fourth-order valence-electron chi connectivity index (χ4n) is 3.23. The molecule has 0 amide bonds. The number of nitrogen functional groups attached to an aromatic ring is 1. The second-order valence-corrected chi connectivity index (χ2v) is 6.79. The van der Waals surface area contributed by atoms with Crippen molar-refractivity contribution in [2.24, 2.45) is 0 Å². The Morgan fingerprint density at radius 3 is 2.52 bits per heavy atom. The van der Waals surface area contributed by atoms with E-state index in [1.807, 2.05) is 36.8 Å². The topological polar surface area (TPSA) is 59.5 Å². The summed E-state index contributed by atoms with van der Waals surface area (Å²) in [6, 6.07) is 14.3. The molecule has 27 heavy (non-hydrogen) atoms. The lowest BCUT2D eigenvalue weighted by molar-refractivity contribution is 0.402. The summed E-state index contributed by atoms with van der Waals surface area (Å²) in [6.07, 6.45) is 3.69. The summed E-state index contributed by atoms with van der Waals surface area (Å²) >= 11 is 0. The van der Waals surface area contributed by atoms with Crippen LogP contribution in [0.3, 0.4) is 0 Å². The number of anilines is 1. The van der Waals surface area contributed by atoms with Crippen LogP contribution in [-0.2, 0) is 6.54 Å². The van der Waals surface area contributed by atoms with E-state index in [4.69, 9.17) is 10.7 Å². The molecule has 0 radical (unpaired) electrons. The van der Waals surface area contributed by atoms with Crippen LogP contribution < -0.4 is 5.73 Å². The van der Waals surface area contributed by atoms with Gasteiger partial charge in [0.1, 0.15) is 17.3 Å². The molecule has 0 bridgehead atoms. The van der Waals surface area contributed by atoms with Crippen molar-refractivity contribution < 1.29 is 4.39 Å². The fourth-order valence-corrected chi connectivity index (χ4v) is 3.23. The third-order valence-corrected chi connectivity index (χ3v) is 4.36. The van der Waals surface area contributed by atoms with E-state index in [-0.39, 0.29) is 5.82 Å². The average molecular weight is 361 g/mol. The van der Waals surface area contributed by atoms with Crippen molar-refractivity contribution in [2.45, 2.75) is 6.54 Å². The predicted molar refractivity (Wildman–Crippen MR) is 106 cm³/mol. The molecule has 0 aliphatic carbocycles. The molecule has 1 aromatic carbocycles. The zero-order valence-corrected chi connectivity index (χ0v) is 15.2. The van der Waals surface area contributed by atoms with Gasteiger partial charge in [0.25, 0.3) is 0 Å². The van der Waals surface area contributed by atoms with Crippen LogP contribution in [-0.4, -0.2) is 33.4 Å². The number of imidazole rings is 1. The number of rotatable bonds is 4. The highest BCUT2D eigenvalue weighted by Crippen LogP contribution is 2.33. The van der Waals surface area contributed by atoms with Crippen LogP contribution in [0.5, 0.6) is 0 Å². The summed E-state index contributed by atoms with van der Waals surface area (Å²) in [5, 5.41) is 0. The maximum absolute atomic E-state index is 13.4. The zero-order valence-electron chi connectivity index (χ0n) is 15.2. The highest BCUT2D eigenvalue weighted by atomic mass is 19.1. The predicted octanol–water partition coefficient (Wildman–Crippen LogP) is 3.85. The van der Waals surface area contributed by atoms with Crippen molar-refractivity contribution in [2.75, 3.05) is 19.8 Å². The number of halogens is 1. The Bertz CT molecular complexity index is 1100. The maximum Gasteiger partial charge on any atom is 0.138 e. The Morgan fingerprint density at radius 2 is 1.81 bits per heavy atom. The number of pyridine rings is 2. The van der Waals surface area contributed by atoms with Gasteiger partial charge in [-0.25, -0.2) is 14.4 Å². The molecule has 2 N–H and O–H groups in total. The quantitative estimate of drug-likeness (QED) is 0.600. The van der Waals surface area contributed by atoms with Crippen LogP contribution in [0, 0.1) is 5.82 Å². The smallest absolute Gasteiger partial charge is 0.138 e. The molecular formula is C21H20FN5. The van der Waals surface area contributed by atoms with Crippen molar-refractivity contribution in [3.8, 4) is 22.5 Å². The maximum atomic E-state index is 13.4. The second-order valence-electron chi connectivity index (χ2n) is 6.79. The van der Waals surface area contributed by atoms with E-state index in [1.165, 1.54) is 17.7 Å². The van der Waals surface area contributed by atoms with E-state index in [1.54, 1.807) is 18.3 Å². The number of nitrogens with zero attached hydrogens (tertiary/aromatic N) is 4. The van der Waals surface area contributed by atoms with Crippen molar-refractivity contribution >= 4 is 11.5 Å². The molecule has 5 nitrogen and oxygen atoms in total. The minimum absolute atomic E-state index is 0.273. The molecule has 3 aromatic heterocycles. The van der Waals surface area contributed by atoms with E-state index in [0.29, 0.717) is 5.82 Å². The van der Waals surface area contributed by atoms with Gasteiger partial charge < -0.3 is 10.6 Å². The molecule has 0 unspecified atom stereocenters. The lowest BCUT2D eigenvalue weighted by Gasteiger charge is -2.10. The number of hydrogen-bond acceptors (Lipinski definition) is 4. The van der Waals surface area contributed by atoms with E-state index in [0.717, 1.165) is 34.7 Å². The first-order valence-electron chi connectivity index (χ1n) is 8.65. The summed E-state index contributed by atoms with van der Waals surface area (Å²) in [5.41, 5.74) is 11.3. The van der Waals surface area contributed by atoms with Gasteiger partial charge in [-0.05, 0) is 68.2 Å². The van der Waals surface area contributed by atoms with Crippen molar-refractivity contribution in [1.29, 1.82) is 0 Å². The van der Waals surface area contributed by atoms with E-state index >= 15 is 0 Å². The monoisotopic (exact) mass is 361 g/mol. The highest BCUT2D eigenvalue weighted by Gasteiger charge is 2.17. The van der Waals surface area contributed by atoms with Crippen molar-refractivity contribution in [3.63, 3.8) is 0 Å². The lowest BCUT2D eigenvalue weighted by atomic mass is 10.1. The lowest BCUT2D eigenvalue weighted by Crippen LogP contribution is -2.10. The molecule has 0 saturated carbocycles. The van der Waals surface area contributed by atoms with Crippen molar-refractivity contribution in [3.05, 3.63) is 72.3 Å². The van der Waals surface area contributed by atoms with Crippen LogP contribution >= 0.6 is 0 Å². The van der Waals surface area contributed by atoms with Crippen LogP contribution in [0.4, 0.5) is 10.2 Å². The number of hydrogen-bond donors (Lipinski definition) is 1. The van der Waals surface area contributed by atoms with E-state index in [2.05, 4.69) is 22.0 Å². The summed E-state index contributed by atoms with van der Waals surface area (Å²) in [6.45, 7) is 0.826. The number of benzene rings is 1. The Labute approximate surface area is 156 Å². The Kier molecular flexibility index (Phi) is 4.33. The van der Waals surface area contributed by atoms with Gasteiger partial charge in [-0.15, -0.1) is 0 Å². The summed E-state index contributed by atoms with van der Waals surface area (Å²) in [4.78, 5) is 11.0. The van der Waals surface area contributed by atoms with Crippen molar-refractivity contribution in [1.82, 2.24) is 19.3 Å². The minimum atomic E-state index is -0.273. The van der Waals surface area contributed by atoms with Gasteiger partial charge in [0.2, 0.25) is 0 Å². The first-order valence-corrected chi connectivity index (χ1v) is 8.65. The van der Waals surface area contributed by atoms with Crippen LogP contribution in [0.2, 0.25) is 0 Å². The number of nitrogens with two attached hydrogens (primary N) is 1. The van der Waals surface area contributed by atoms with Crippen LogP contribution in [0.15, 0.2) is 60.9 Å². The molecule has 3 heterocycles. The summed E-state index contributed by atoms with van der Waals surface area (Å²) in [5.74, 6) is 0.169. The molecule has 0 spiro atoms. The van der Waals surface area contributed by atoms with Gasteiger partial charge in [-0.1, -0.05) is 0 Å². The molecule has 136 valence electrons. The Morgan fingerprint density at radius 1 is 1.04 bits per heavy atom. The van der Waals surface area contributed by atoms with Gasteiger partial charge in [0.15, 0.2) is 0 Å². The molecule has 0 saturated heterocycles. The van der Waals surface area contributed by atoms with Gasteiger partial charge in [0, 0.05) is 30.1 Å². The third kappa shape index (κ3) is 3.39. The number of fused-ring (bicyclic) bond motifs is 1. The van der Waals surface area contributed by atoms with Gasteiger partial charge in [-0.3, -0.25) is 4.40 Å². The zero-order chi connectivity index (χ0) is 19.0. The van der Waals surface area contributed by atoms with E-state index < -0.39 is 0 Å². The fraction of sp³-hybridized carbons (Fsp3) is 0.143. The molecule has 0 aliphatic rings. The molecular weight excluding hydrogens is 341 g/mol. The summed E-state index contributed by atoms with van der Waals surface area (Å²) in [7, 11) is 4.07. The first-order chi connectivity index (χ1) is 13.0. The van der Waals surface area contributed by atoms with Gasteiger partial charge in [-0.2, -0.15) is 0 Å². The largest absolute Gasteiger partial charge is 0.384 e. The molecule has 4 aromatic rings. The standard InChI is InChI=1S/C21H20FN5/c1-26(2)13-14-8-10-27-19(11-14)25-20(15-3-5-17(22)6-4-15)21(27)16-7-9-24-18(23)12-16/h3-12H,13H2,1-2H3,(H2,23,24). The third-order valence-electron chi connectivity index (χ3n) is 4.36. The number of aromatic nitrogens is 3. The Hall–Kier alpha value is -3.25. The summed E-state index contributed by atoms with van der Waals surface area (Å²) < 4.78 is 15.4. The molecule has 0 fully saturated rings. The van der Waals surface area contributed by atoms with Gasteiger partial charge >= 0.3 is 0 Å². The molecule has 0 aliphatic heterocycles. The average Bonchev–Trinajstić information content (AvgIpc) is 3.00. The Balaban J connectivity index is 1.96. The molecule has 0 atom stereocenters. The van der Waals surface area contributed by atoms with Crippen LogP contribution in [0.25, 0.3) is 28.2 Å². The van der Waals surface area contributed by atoms with Crippen LogP contribution in [0.1, 0.15) is 5.56 Å². The SMILES string of the molecule is CN(C)Cc1ccn2c(-c3ccnc(N)c3)c(-c3ccc(F)cc3)nc2c1. The minimum Gasteiger partial charge on any atom is -0.384 e. The second kappa shape index (κ2) is 6.81. The highest BCUT2D eigenvalue weighted by molar-refractivity contribution is 5.82. The molecule has 4 rings (SSSR count). The van der Waals surface area contributed by atoms with E-state index in [9.17, 15) is 4.39 Å². The molecule has 6 heteroatoms. The first kappa shape index (κ1) is 17.2. The van der Waals surface area contributed by atoms with Gasteiger partial charge in [0.05, 0.1) is 11.4 Å².